The highest BCUT2D eigenvalue weighted by Gasteiger charge is 2.33. The molecule has 130 valence electrons. The minimum absolute atomic E-state index is 0.286. The monoisotopic (exact) mass is 356 g/mol. The largest absolute Gasteiger partial charge is 0.364 e. The molecule has 1 aliphatic carbocycles. The summed E-state index contributed by atoms with van der Waals surface area (Å²) in [4.78, 5) is 7.37. The van der Waals surface area contributed by atoms with Crippen LogP contribution in [0.3, 0.4) is 0 Å². The number of fused-ring (bicyclic) bond motifs is 1. The number of imidazole rings is 1. The van der Waals surface area contributed by atoms with Crippen LogP contribution in [0.1, 0.15) is 48.9 Å². The van der Waals surface area contributed by atoms with Gasteiger partial charge in [-0.05, 0) is 38.5 Å². The zero-order valence-corrected chi connectivity index (χ0v) is 15.0. The number of hydrogen-bond donors (Lipinski definition) is 0. The third kappa shape index (κ3) is 2.47. The van der Waals surface area contributed by atoms with Gasteiger partial charge in [-0.15, -0.1) is 10.2 Å². The van der Waals surface area contributed by atoms with Crippen LogP contribution in [0, 0.1) is 0 Å². The first-order chi connectivity index (χ1) is 12.3. The Morgan fingerprint density at radius 2 is 2.12 bits per heavy atom. The van der Waals surface area contributed by atoms with Gasteiger partial charge in [0.2, 0.25) is 5.13 Å². The summed E-state index contributed by atoms with van der Waals surface area (Å²) in [5.41, 5.74) is 3.47. The van der Waals surface area contributed by atoms with Crippen LogP contribution in [-0.2, 0) is 19.9 Å². The van der Waals surface area contributed by atoms with E-state index in [1.54, 1.807) is 17.6 Å². The fraction of sp³-hybridized carbons (Fsp3) is 0.529. The van der Waals surface area contributed by atoms with E-state index in [1.807, 2.05) is 6.07 Å². The highest BCUT2D eigenvalue weighted by molar-refractivity contribution is 7.18. The molecule has 3 aromatic heterocycles. The van der Waals surface area contributed by atoms with Crippen molar-refractivity contribution in [3.8, 4) is 10.7 Å². The van der Waals surface area contributed by atoms with E-state index in [2.05, 4.69) is 31.9 Å². The van der Waals surface area contributed by atoms with E-state index in [0.717, 1.165) is 48.1 Å². The Bertz CT molecular complexity index is 883. The second-order valence-corrected chi connectivity index (χ2v) is 7.71. The fourth-order valence-electron chi connectivity index (χ4n) is 4.03. The number of rotatable bonds is 3. The predicted molar refractivity (Wildman–Crippen MR) is 94.6 cm³/mol. The maximum absolute atomic E-state index is 5.02. The predicted octanol–water partition coefficient (Wildman–Crippen LogP) is 3.15. The van der Waals surface area contributed by atoms with Gasteiger partial charge in [-0.2, -0.15) is 0 Å². The van der Waals surface area contributed by atoms with Crippen molar-refractivity contribution < 1.29 is 4.52 Å². The van der Waals surface area contributed by atoms with E-state index in [0.29, 0.717) is 0 Å². The number of aryl methyl sites for hydroxylation is 1. The second kappa shape index (κ2) is 5.94. The van der Waals surface area contributed by atoms with Crippen molar-refractivity contribution in [2.45, 2.75) is 44.6 Å². The lowest BCUT2D eigenvalue weighted by molar-refractivity contribution is 0.422. The normalized spacial score (nSPS) is 20.2. The lowest BCUT2D eigenvalue weighted by atomic mass is 10.0. The van der Waals surface area contributed by atoms with Crippen molar-refractivity contribution in [3.05, 3.63) is 29.5 Å². The van der Waals surface area contributed by atoms with E-state index in [4.69, 9.17) is 9.51 Å². The van der Waals surface area contributed by atoms with E-state index in [-0.39, 0.29) is 6.04 Å². The average Bonchev–Trinajstić information content (AvgIpc) is 3.41. The second-order valence-electron chi connectivity index (χ2n) is 6.76. The molecule has 0 unspecified atom stereocenters. The molecule has 1 fully saturated rings. The molecular weight excluding hydrogens is 336 g/mol. The van der Waals surface area contributed by atoms with E-state index >= 15 is 0 Å². The Balaban J connectivity index is 1.48. The lowest BCUT2D eigenvalue weighted by Gasteiger charge is -2.23. The molecule has 0 saturated carbocycles. The zero-order valence-electron chi connectivity index (χ0n) is 14.2. The number of anilines is 1. The molecule has 0 bridgehead atoms. The Labute approximate surface area is 149 Å². The van der Waals surface area contributed by atoms with Gasteiger partial charge in [-0.1, -0.05) is 16.5 Å². The van der Waals surface area contributed by atoms with Gasteiger partial charge < -0.3 is 14.0 Å². The Morgan fingerprint density at radius 3 is 2.96 bits per heavy atom. The molecule has 1 aliphatic heterocycles. The van der Waals surface area contributed by atoms with Crippen molar-refractivity contribution in [1.29, 1.82) is 0 Å². The summed E-state index contributed by atoms with van der Waals surface area (Å²) >= 11 is 1.57. The van der Waals surface area contributed by atoms with Gasteiger partial charge in [-0.3, -0.25) is 0 Å². The van der Waals surface area contributed by atoms with Crippen LogP contribution in [-0.4, -0.2) is 31.4 Å². The fourth-order valence-corrected chi connectivity index (χ4v) is 4.91. The minimum atomic E-state index is 0.286. The van der Waals surface area contributed by atoms with Gasteiger partial charge in [0.15, 0.2) is 5.01 Å². The number of hydrogen-bond acceptors (Lipinski definition) is 7. The maximum atomic E-state index is 5.02. The third-order valence-corrected chi connectivity index (χ3v) is 6.26. The Kier molecular flexibility index (Phi) is 3.58. The molecule has 0 amide bonds. The Hall–Kier alpha value is -2.22. The molecule has 0 N–H and O–H groups in total. The first-order valence-corrected chi connectivity index (χ1v) is 9.68. The molecular formula is C17H20N6OS. The van der Waals surface area contributed by atoms with Crippen LogP contribution in [0.5, 0.6) is 0 Å². The summed E-state index contributed by atoms with van der Waals surface area (Å²) in [5, 5.41) is 14.4. The lowest BCUT2D eigenvalue weighted by Crippen LogP contribution is -2.25. The van der Waals surface area contributed by atoms with Gasteiger partial charge >= 0.3 is 0 Å². The Morgan fingerprint density at radius 1 is 1.20 bits per heavy atom. The minimum Gasteiger partial charge on any atom is -0.364 e. The van der Waals surface area contributed by atoms with Crippen LogP contribution in [0.4, 0.5) is 5.13 Å². The van der Waals surface area contributed by atoms with Crippen LogP contribution < -0.4 is 4.90 Å². The summed E-state index contributed by atoms with van der Waals surface area (Å²) in [6, 6.07) is 2.10. The molecule has 1 atom stereocenters. The van der Waals surface area contributed by atoms with Crippen molar-refractivity contribution in [1.82, 2.24) is 24.9 Å². The molecule has 2 aliphatic rings. The third-order valence-electron chi connectivity index (χ3n) is 5.28. The average molecular weight is 356 g/mol. The molecule has 8 heteroatoms. The molecule has 3 aromatic rings. The van der Waals surface area contributed by atoms with Crippen LogP contribution in [0.15, 0.2) is 16.9 Å². The van der Waals surface area contributed by atoms with Gasteiger partial charge in [-0.25, -0.2) is 4.98 Å². The first kappa shape index (κ1) is 15.1. The molecule has 0 spiro atoms. The van der Waals surface area contributed by atoms with Gasteiger partial charge in [0, 0.05) is 25.4 Å². The van der Waals surface area contributed by atoms with E-state index in [9.17, 15) is 0 Å². The highest BCUT2D eigenvalue weighted by Crippen LogP contribution is 2.39. The molecule has 5 rings (SSSR count). The molecule has 25 heavy (non-hydrogen) atoms. The van der Waals surface area contributed by atoms with Crippen molar-refractivity contribution >= 4 is 16.5 Å². The summed E-state index contributed by atoms with van der Waals surface area (Å²) in [6.07, 6.45) is 8.63. The summed E-state index contributed by atoms with van der Waals surface area (Å²) in [7, 11) is 2.17. The molecule has 0 aromatic carbocycles. The summed E-state index contributed by atoms with van der Waals surface area (Å²) in [6.45, 7) is 0.996. The van der Waals surface area contributed by atoms with Crippen LogP contribution in [0.2, 0.25) is 0 Å². The van der Waals surface area contributed by atoms with Crippen molar-refractivity contribution in [2.24, 2.45) is 7.05 Å². The van der Waals surface area contributed by atoms with Gasteiger partial charge in [0.1, 0.15) is 17.8 Å². The quantitative estimate of drug-likeness (QED) is 0.718. The molecule has 0 radical (unpaired) electrons. The van der Waals surface area contributed by atoms with Crippen molar-refractivity contribution in [3.63, 3.8) is 0 Å². The van der Waals surface area contributed by atoms with Gasteiger partial charge in [0.05, 0.1) is 11.7 Å². The van der Waals surface area contributed by atoms with E-state index in [1.165, 1.54) is 30.1 Å². The molecule has 4 heterocycles. The topological polar surface area (TPSA) is 72.9 Å². The number of nitrogens with zero attached hydrogens (tertiary/aromatic N) is 6. The SMILES string of the molecule is Cn1c([C@H]2CCCN2c2nnc(-c3ccon3)s2)nc2c1CCCC2. The standard InChI is InChI=1S/C17H20N6OS/c1-22-13-6-3-2-5-11(13)18-15(22)14-7-4-9-23(14)17-20-19-16(25-17)12-8-10-24-21-12/h8,10,14H,2-7,9H2,1H3/t14-/m1/s1. The highest BCUT2D eigenvalue weighted by atomic mass is 32.1. The smallest absolute Gasteiger partial charge is 0.209 e. The van der Waals surface area contributed by atoms with Gasteiger partial charge in [0.25, 0.3) is 0 Å². The maximum Gasteiger partial charge on any atom is 0.209 e. The zero-order chi connectivity index (χ0) is 16.8. The summed E-state index contributed by atoms with van der Waals surface area (Å²) < 4.78 is 7.25. The summed E-state index contributed by atoms with van der Waals surface area (Å²) in [5.74, 6) is 1.18. The van der Waals surface area contributed by atoms with Crippen LogP contribution in [0.25, 0.3) is 10.7 Å². The van der Waals surface area contributed by atoms with E-state index < -0.39 is 0 Å². The first-order valence-electron chi connectivity index (χ1n) is 8.86. The van der Waals surface area contributed by atoms with Crippen molar-refractivity contribution in [2.75, 3.05) is 11.4 Å². The molecule has 1 saturated heterocycles. The van der Waals surface area contributed by atoms with Crippen LogP contribution >= 0.6 is 11.3 Å². The molecule has 7 nitrogen and oxygen atoms in total. The number of aromatic nitrogens is 5.